The van der Waals surface area contributed by atoms with Crippen LogP contribution in [0, 0.1) is 18.6 Å². The summed E-state index contributed by atoms with van der Waals surface area (Å²) in [6.45, 7) is 3.39. The van der Waals surface area contributed by atoms with Crippen molar-refractivity contribution in [2.45, 2.75) is 32.4 Å². The van der Waals surface area contributed by atoms with Gasteiger partial charge >= 0.3 is 0 Å². The Morgan fingerprint density at radius 1 is 1.38 bits per heavy atom. The van der Waals surface area contributed by atoms with Crippen molar-refractivity contribution in [2.24, 2.45) is 4.99 Å². The number of nitrogens with one attached hydrogen (secondary N) is 2. The van der Waals surface area contributed by atoms with Gasteiger partial charge in [0.1, 0.15) is 24.0 Å². The molecule has 0 saturated heterocycles. The minimum Gasteiger partial charge on any atom is -0.492 e. The summed E-state index contributed by atoms with van der Waals surface area (Å²) in [6, 6.07) is 3.68. The van der Waals surface area contributed by atoms with Crippen molar-refractivity contribution in [2.75, 3.05) is 20.2 Å². The van der Waals surface area contributed by atoms with E-state index in [1.807, 2.05) is 11.6 Å². The van der Waals surface area contributed by atoms with Gasteiger partial charge in [-0.15, -0.1) is 0 Å². The number of fused-ring (bicyclic) bond motifs is 1. The number of hydrogen-bond acceptors (Lipinski definition) is 4. The largest absolute Gasteiger partial charge is 0.492 e. The molecule has 0 saturated carbocycles. The minimum atomic E-state index is -0.923. The van der Waals surface area contributed by atoms with Crippen molar-refractivity contribution in [3.63, 3.8) is 0 Å². The van der Waals surface area contributed by atoms with Crippen LogP contribution >= 0.6 is 0 Å². The van der Waals surface area contributed by atoms with E-state index in [1.54, 1.807) is 7.05 Å². The molecule has 2 N–H and O–H groups in total. The second-order valence-electron chi connectivity index (χ2n) is 6.06. The molecule has 1 unspecified atom stereocenters. The molecule has 26 heavy (non-hydrogen) atoms. The zero-order valence-electron chi connectivity index (χ0n) is 14.8. The Labute approximate surface area is 150 Å². The van der Waals surface area contributed by atoms with Crippen LogP contribution in [0.15, 0.2) is 23.2 Å². The summed E-state index contributed by atoms with van der Waals surface area (Å²) < 4.78 is 33.3. The first-order chi connectivity index (χ1) is 12.5. The number of aromatic nitrogens is 3. The van der Waals surface area contributed by atoms with Crippen LogP contribution in [-0.4, -0.2) is 47.0 Å². The van der Waals surface area contributed by atoms with Gasteiger partial charge in [0, 0.05) is 25.6 Å². The molecule has 1 aliphatic heterocycles. The van der Waals surface area contributed by atoms with E-state index in [0.717, 1.165) is 43.2 Å². The number of rotatable bonds is 5. The SMILES string of the molecule is CN=C(NCCOc1ccc(F)c(F)c1)NC1CCc2nc(C)nn2C1. The number of guanidine groups is 1. The number of hydrogen-bond donors (Lipinski definition) is 2. The van der Waals surface area contributed by atoms with Gasteiger partial charge in [-0.25, -0.2) is 18.4 Å². The van der Waals surface area contributed by atoms with Crippen LogP contribution in [0.3, 0.4) is 0 Å². The summed E-state index contributed by atoms with van der Waals surface area (Å²) in [7, 11) is 1.69. The van der Waals surface area contributed by atoms with Crippen LogP contribution in [0.25, 0.3) is 0 Å². The molecule has 0 radical (unpaired) electrons. The van der Waals surface area contributed by atoms with Gasteiger partial charge < -0.3 is 15.4 Å². The predicted octanol–water partition coefficient (Wildman–Crippen LogP) is 1.42. The molecule has 140 valence electrons. The summed E-state index contributed by atoms with van der Waals surface area (Å²) in [6.07, 6.45) is 1.82. The van der Waals surface area contributed by atoms with Crippen LogP contribution in [-0.2, 0) is 13.0 Å². The fourth-order valence-corrected chi connectivity index (χ4v) is 2.84. The van der Waals surface area contributed by atoms with E-state index in [4.69, 9.17) is 4.74 Å². The van der Waals surface area contributed by atoms with Crippen molar-refractivity contribution in [1.82, 2.24) is 25.4 Å². The summed E-state index contributed by atoms with van der Waals surface area (Å²) in [5.41, 5.74) is 0. The molecule has 2 aromatic rings. The zero-order chi connectivity index (χ0) is 18.5. The predicted molar refractivity (Wildman–Crippen MR) is 93.2 cm³/mol. The number of aryl methyl sites for hydroxylation is 2. The summed E-state index contributed by atoms with van der Waals surface area (Å²) in [5, 5.41) is 10.9. The molecular formula is C17H22F2N6O. The van der Waals surface area contributed by atoms with Gasteiger partial charge in [0.05, 0.1) is 13.1 Å². The average Bonchev–Trinajstić information content (AvgIpc) is 2.99. The van der Waals surface area contributed by atoms with Crippen molar-refractivity contribution in [1.29, 1.82) is 0 Å². The lowest BCUT2D eigenvalue weighted by Gasteiger charge is -2.25. The molecule has 0 bridgehead atoms. The van der Waals surface area contributed by atoms with E-state index in [2.05, 4.69) is 25.7 Å². The average molecular weight is 364 g/mol. The lowest BCUT2D eigenvalue weighted by molar-refractivity contribution is 0.317. The van der Waals surface area contributed by atoms with E-state index < -0.39 is 11.6 Å². The number of benzene rings is 1. The third-order valence-electron chi connectivity index (χ3n) is 4.08. The van der Waals surface area contributed by atoms with Crippen molar-refractivity contribution in [3.05, 3.63) is 41.5 Å². The van der Waals surface area contributed by atoms with Gasteiger partial charge in [-0.1, -0.05) is 0 Å². The Balaban J connectivity index is 1.43. The van der Waals surface area contributed by atoms with E-state index in [9.17, 15) is 8.78 Å². The molecule has 0 amide bonds. The van der Waals surface area contributed by atoms with E-state index in [0.29, 0.717) is 19.1 Å². The molecule has 7 nitrogen and oxygen atoms in total. The maximum absolute atomic E-state index is 13.1. The third kappa shape index (κ3) is 4.47. The first-order valence-electron chi connectivity index (χ1n) is 8.50. The Hall–Kier alpha value is -2.71. The second kappa shape index (κ2) is 8.11. The first kappa shape index (κ1) is 18.1. The molecule has 1 aromatic carbocycles. The maximum Gasteiger partial charge on any atom is 0.191 e. The first-order valence-corrected chi connectivity index (χ1v) is 8.50. The quantitative estimate of drug-likeness (QED) is 0.477. The number of nitrogens with zero attached hydrogens (tertiary/aromatic N) is 4. The molecule has 9 heteroatoms. The van der Waals surface area contributed by atoms with Gasteiger partial charge in [0.25, 0.3) is 0 Å². The Bertz CT molecular complexity index is 792. The van der Waals surface area contributed by atoms with Crippen molar-refractivity contribution >= 4 is 5.96 Å². The van der Waals surface area contributed by atoms with E-state index in [-0.39, 0.29) is 11.8 Å². The standard InChI is InChI=1S/C17H22F2N6O/c1-11-22-16-6-3-12(10-25(16)24-11)23-17(20-2)21-7-8-26-13-4-5-14(18)15(19)9-13/h4-5,9,12H,3,6-8,10H2,1-2H3,(H2,20,21,23). The van der Waals surface area contributed by atoms with Gasteiger partial charge in [0.15, 0.2) is 17.6 Å². The lowest BCUT2D eigenvalue weighted by Crippen LogP contribution is -2.47. The second-order valence-corrected chi connectivity index (χ2v) is 6.06. The highest BCUT2D eigenvalue weighted by Gasteiger charge is 2.21. The molecule has 1 aromatic heterocycles. The van der Waals surface area contributed by atoms with Gasteiger partial charge in [-0.3, -0.25) is 4.99 Å². The maximum atomic E-state index is 13.1. The summed E-state index contributed by atoms with van der Waals surface area (Å²) in [4.78, 5) is 8.60. The number of halogens is 2. The summed E-state index contributed by atoms with van der Waals surface area (Å²) in [5.74, 6) is 0.936. The zero-order valence-corrected chi connectivity index (χ0v) is 14.8. The normalized spacial score (nSPS) is 16.9. The smallest absolute Gasteiger partial charge is 0.191 e. The van der Waals surface area contributed by atoms with Crippen LogP contribution in [0.4, 0.5) is 8.78 Å². The molecule has 1 atom stereocenters. The van der Waals surface area contributed by atoms with E-state index >= 15 is 0 Å². The monoisotopic (exact) mass is 364 g/mol. The Kier molecular flexibility index (Phi) is 5.65. The summed E-state index contributed by atoms with van der Waals surface area (Å²) >= 11 is 0. The van der Waals surface area contributed by atoms with Crippen molar-refractivity contribution < 1.29 is 13.5 Å². The lowest BCUT2D eigenvalue weighted by atomic mass is 10.1. The highest BCUT2D eigenvalue weighted by atomic mass is 19.2. The minimum absolute atomic E-state index is 0.210. The van der Waals surface area contributed by atoms with Crippen LogP contribution in [0.2, 0.25) is 0 Å². The molecule has 0 spiro atoms. The molecule has 0 aliphatic carbocycles. The number of aliphatic imine (C=N–C) groups is 1. The highest BCUT2D eigenvalue weighted by molar-refractivity contribution is 5.79. The van der Waals surface area contributed by atoms with Crippen molar-refractivity contribution in [3.8, 4) is 5.75 Å². The van der Waals surface area contributed by atoms with Gasteiger partial charge in [-0.2, -0.15) is 5.10 Å². The van der Waals surface area contributed by atoms with Gasteiger partial charge in [-0.05, 0) is 25.5 Å². The van der Waals surface area contributed by atoms with Crippen LogP contribution in [0.5, 0.6) is 5.75 Å². The van der Waals surface area contributed by atoms with E-state index in [1.165, 1.54) is 6.07 Å². The topological polar surface area (TPSA) is 76.4 Å². The third-order valence-corrected chi connectivity index (χ3v) is 4.08. The molecule has 0 fully saturated rings. The fraction of sp³-hybridized carbons (Fsp3) is 0.471. The molecular weight excluding hydrogens is 342 g/mol. The molecule has 1 aliphatic rings. The Morgan fingerprint density at radius 2 is 2.23 bits per heavy atom. The molecule has 2 heterocycles. The Morgan fingerprint density at radius 3 is 3.00 bits per heavy atom. The highest BCUT2D eigenvalue weighted by Crippen LogP contribution is 2.15. The molecule has 3 rings (SSSR count). The number of ether oxygens (including phenoxy) is 1. The van der Waals surface area contributed by atoms with Crippen LogP contribution in [0.1, 0.15) is 18.1 Å². The van der Waals surface area contributed by atoms with Crippen LogP contribution < -0.4 is 15.4 Å². The fourth-order valence-electron chi connectivity index (χ4n) is 2.84. The van der Waals surface area contributed by atoms with Gasteiger partial charge in [0.2, 0.25) is 0 Å².